The number of rotatable bonds is 4. The highest BCUT2D eigenvalue weighted by Crippen LogP contribution is 2.26. The van der Waals surface area contributed by atoms with Crippen LogP contribution in [0.5, 0.6) is 0 Å². The molecule has 1 heterocycles. The van der Waals surface area contributed by atoms with Crippen LogP contribution in [0.4, 0.5) is 0 Å². The minimum Gasteiger partial charge on any atom is -0.333 e. The summed E-state index contributed by atoms with van der Waals surface area (Å²) in [6, 6.07) is 9.23. The number of hydrogen-bond donors (Lipinski definition) is 1. The Morgan fingerprint density at radius 1 is 1.45 bits per heavy atom. The first-order chi connectivity index (χ1) is 9.54. The second-order valence-corrected chi connectivity index (χ2v) is 5.15. The molecule has 0 saturated carbocycles. The summed E-state index contributed by atoms with van der Waals surface area (Å²) in [6.07, 6.45) is 0.823. The Kier molecular flexibility index (Phi) is 4.45. The molecule has 0 aliphatic rings. The lowest BCUT2D eigenvalue weighted by molar-refractivity contribution is 0.0736. The fourth-order valence-electron chi connectivity index (χ4n) is 2.03. The Balaban J connectivity index is 2.20. The van der Waals surface area contributed by atoms with Gasteiger partial charge in [0.05, 0.1) is 6.04 Å². The molecule has 1 aromatic heterocycles. The number of carbonyl (C=O) groups is 1. The van der Waals surface area contributed by atoms with E-state index in [1.807, 2.05) is 38.1 Å². The monoisotopic (exact) mass is 291 g/mol. The Labute approximate surface area is 123 Å². The first-order valence-electron chi connectivity index (χ1n) is 6.60. The number of aromatic amines is 1. The first-order valence-corrected chi connectivity index (χ1v) is 6.98. The maximum Gasteiger partial charge on any atom is 0.274 e. The van der Waals surface area contributed by atoms with Gasteiger partial charge in [0.25, 0.3) is 5.91 Å². The lowest BCUT2D eigenvalue weighted by Gasteiger charge is -2.25. The van der Waals surface area contributed by atoms with E-state index in [2.05, 4.69) is 10.2 Å². The zero-order valence-corrected chi connectivity index (χ0v) is 12.6. The molecule has 1 N–H and O–H groups in total. The lowest BCUT2D eigenvalue weighted by atomic mass is 10.1. The number of amides is 1. The maximum atomic E-state index is 12.4. The highest BCUT2D eigenvalue weighted by atomic mass is 35.5. The van der Waals surface area contributed by atoms with Gasteiger partial charge in [0, 0.05) is 17.8 Å². The van der Waals surface area contributed by atoms with Crippen LogP contribution in [0.1, 0.15) is 41.6 Å². The summed E-state index contributed by atoms with van der Waals surface area (Å²) in [4.78, 5) is 14.0. The molecule has 5 heteroatoms. The van der Waals surface area contributed by atoms with Crippen molar-refractivity contribution in [3.63, 3.8) is 0 Å². The minimum atomic E-state index is -0.117. The van der Waals surface area contributed by atoms with E-state index in [0.717, 1.165) is 17.7 Å². The summed E-state index contributed by atoms with van der Waals surface area (Å²) in [5.41, 5.74) is 2.31. The van der Waals surface area contributed by atoms with Crippen molar-refractivity contribution in [1.82, 2.24) is 15.1 Å². The predicted molar refractivity (Wildman–Crippen MR) is 79.9 cm³/mol. The number of benzene rings is 1. The molecular weight excluding hydrogens is 274 g/mol. The second-order valence-electron chi connectivity index (χ2n) is 4.75. The standard InChI is InChI=1S/C15H18ClN3O/c1-4-11-9-14(18-17-11)15(20)19(3)10(2)12-7-5-6-8-13(12)16/h5-10H,4H2,1-3H3,(H,17,18). The van der Waals surface area contributed by atoms with Crippen LogP contribution in [0.3, 0.4) is 0 Å². The molecule has 1 aromatic carbocycles. The van der Waals surface area contributed by atoms with Gasteiger partial charge in [0.15, 0.2) is 0 Å². The normalized spacial score (nSPS) is 12.2. The number of carbonyl (C=O) groups excluding carboxylic acids is 1. The zero-order valence-electron chi connectivity index (χ0n) is 11.9. The van der Waals surface area contributed by atoms with Gasteiger partial charge in [0.2, 0.25) is 0 Å². The molecule has 1 atom stereocenters. The number of halogens is 1. The van der Waals surface area contributed by atoms with Crippen LogP contribution < -0.4 is 0 Å². The van der Waals surface area contributed by atoms with Crippen LogP contribution in [0, 0.1) is 0 Å². The molecule has 4 nitrogen and oxygen atoms in total. The smallest absolute Gasteiger partial charge is 0.274 e. The predicted octanol–water partition coefficient (Wildman–Crippen LogP) is 3.46. The van der Waals surface area contributed by atoms with Gasteiger partial charge in [-0.3, -0.25) is 9.89 Å². The van der Waals surface area contributed by atoms with Gasteiger partial charge in [0.1, 0.15) is 5.69 Å². The summed E-state index contributed by atoms with van der Waals surface area (Å²) in [7, 11) is 1.76. The average molecular weight is 292 g/mol. The molecule has 2 aromatic rings. The number of aromatic nitrogens is 2. The van der Waals surface area contributed by atoms with Gasteiger partial charge in [-0.15, -0.1) is 0 Å². The van der Waals surface area contributed by atoms with Gasteiger partial charge in [-0.25, -0.2) is 0 Å². The van der Waals surface area contributed by atoms with Crippen LogP contribution in [-0.4, -0.2) is 28.1 Å². The van der Waals surface area contributed by atoms with Crippen LogP contribution in [0.2, 0.25) is 5.02 Å². The zero-order chi connectivity index (χ0) is 14.7. The minimum absolute atomic E-state index is 0.113. The van der Waals surface area contributed by atoms with Gasteiger partial charge in [-0.05, 0) is 31.0 Å². The number of hydrogen-bond acceptors (Lipinski definition) is 2. The number of H-pyrrole nitrogens is 1. The van der Waals surface area contributed by atoms with Gasteiger partial charge in [-0.2, -0.15) is 5.10 Å². The Bertz CT molecular complexity index is 609. The highest BCUT2D eigenvalue weighted by molar-refractivity contribution is 6.31. The molecule has 0 aliphatic carbocycles. The summed E-state index contributed by atoms with van der Waals surface area (Å²) in [5.74, 6) is -0.117. The lowest BCUT2D eigenvalue weighted by Crippen LogP contribution is -2.30. The first kappa shape index (κ1) is 14.6. The van der Waals surface area contributed by atoms with Crippen molar-refractivity contribution in [3.8, 4) is 0 Å². The fraction of sp³-hybridized carbons (Fsp3) is 0.333. The second kappa shape index (κ2) is 6.09. The quantitative estimate of drug-likeness (QED) is 0.938. The molecular formula is C15H18ClN3O. The summed E-state index contributed by atoms with van der Waals surface area (Å²) in [6.45, 7) is 3.96. The molecule has 0 bridgehead atoms. The SMILES string of the molecule is CCc1cc(C(=O)N(C)C(C)c2ccccc2Cl)n[nH]1. The summed E-state index contributed by atoms with van der Waals surface area (Å²) >= 11 is 6.18. The molecule has 0 spiro atoms. The van der Waals surface area contributed by atoms with Crippen LogP contribution in [0.15, 0.2) is 30.3 Å². The largest absolute Gasteiger partial charge is 0.333 e. The molecule has 0 radical (unpaired) electrons. The molecule has 1 unspecified atom stereocenters. The van der Waals surface area contributed by atoms with E-state index in [1.165, 1.54) is 0 Å². The highest BCUT2D eigenvalue weighted by Gasteiger charge is 2.22. The van der Waals surface area contributed by atoms with Crippen molar-refractivity contribution in [2.45, 2.75) is 26.3 Å². The average Bonchev–Trinajstić information content (AvgIpc) is 2.94. The summed E-state index contributed by atoms with van der Waals surface area (Å²) in [5, 5.41) is 7.58. The van der Waals surface area contributed by atoms with Gasteiger partial charge >= 0.3 is 0 Å². The van der Waals surface area contributed by atoms with Crippen molar-refractivity contribution < 1.29 is 4.79 Å². The maximum absolute atomic E-state index is 12.4. The van der Waals surface area contributed by atoms with E-state index in [0.29, 0.717) is 10.7 Å². The molecule has 0 fully saturated rings. The van der Waals surface area contributed by atoms with Crippen LogP contribution >= 0.6 is 11.6 Å². The van der Waals surface area contributed by atoms with Gasteiger partial charge in [-0.1, -0.05) is 36.7 Å². The van der Waals surface area contributed by atoms with Crippen molar-refractivity contribution in [2.24, 2.45) is 0 Å². The van der Waals surface area contributed by atoms with E-state index in [9.17, 15) is 4.79 Å². The molecule has 1 amide bonds. The van der Waals surface area contributed by atoms with E-state index in [4.69, 9.17) is 11.6 Å². The third-order valence-electron chi connectivity index (χ3n) is 3.49. The number of nitrogens with one attached hydrogen (secondary N) is 1. The topological polar surface area (TPSA) is 49.0 Å². The van der Waals surface area contributed by atoms with Gasteiger partial charge < -0.3 is 4.90 Å². The van der Waals surface area contributed by atoms with Crippen molar-refractivity contribution in [1.29, 1.82) is 0 Å². The van der Waals surface area contributed by atoms with E-state index < -0.39 is 0 Å². The Hall–Kier alpha value is -1.81. The van der Waals surface area contributed by atoms with Crippen molar-refractivity contribution >= 4 is 17.5 Å². The molecule has 2 rings (SSSR count). The number of aryl methyl sites for hydroxylation is 1. The number of nitrogens with zero attached hydrogens (tertiary/aromatic N) is 2. The fourth-order valence-corrected chi connectivity index (χ4v) is 2.33. The van der Waals surface area contributed by atoms with Crippen LogP contribution in [-0.2, 0) is 6.42 Å². The molecule has 0 saturated heterocycles. The summed E-state index contributed by atoms with van der Waals surface area (Å²) < 4.78 is 0. The molecule has 0 aliphatic heterocycles. The molecule has 106 valence electrons. The Morgan fingerprint density at radius 3 is 2.75 bits per heavy atom. The van der Waals surface area contributed by atoms with E-state index in [1.54, 1.807) is 18.0 Å². The third kappa shape index (κ3) is 2.85. The third-order valence-corrected chi connectivity index (χ3v) is 3.83. The van der Waals surface area contributed by atoms with E-state index >= 15 is 0 Å². The van der Waals surface area contributed by atoms with Crippen molar-refractivity contribution in [3.05, 3.63) is 52.3 Å². The van der Waals surface area contributed by atoms with Crippen molar-refractivity contribution in [2.75, 3.05) is 7.05 Å². The van der Waals surface area contributed by atoms with E-state index in [-0.39, 0.29) is 11.9 Å². The molecule has 20 heavy (non-hydrogen) atoms. The Morgan fingerprint density at radius 2 is 2.15 bits per heavy atom. The van der Waals surface area contributed by atoms with Crippen LogP contribution in [0.25, 0.3) is 0 Å².